The zero-order valence-electron chi connectivity index (χ0n) is 17.6. The van der Waals surface area contributed by atoms with E-state index < -0.39 is 0 Å². The molecule has 0 bridgehead atoms. The number of likely N-dealkylation sites (N-methyl/N-ethyl adjacent to an activating group) is 1. The maximum atomic E-state index is 13.1. The Kier molecular flexibility index (Phi) is 5.07. The molecule has 5 heteroatoms. The van der Waals surface area contributed by atoms with Crippen molar-refractivity contribution in [3.63, 3.8) is 0 Å². The summed E-state index contributed by atoms with van der Waals surface area (Å²) in [5.41, 5.74) is 4.93. The van der Waals surface area contributed by atoms with Gasteiger partial charge in [-0.25, -0.2) is 0 Å². The van der Waals surface area contributed by atoms with E-state index >= 15 is 0 Å². The molecule has 5 nitrogen and oxygen atoms in total. The van der Waals surface area contributed by atoms with Crippen molar-refractivity contribution in [3.8, 4) is 11.1 Å². The topological polar surface area (TPSA) is 43.9 Å². The molecule has 3 aliphatic heterocycles. The summed E-state index contributed by atoms with van der Waals surface area (Å²) < 4.78 is 0. The van der Waals surface area contributed by atoms with Crippen molar-refractivity contribution in [2.45, 2.75) is 31.7 Å². The second-order valence-electron chi connectivity index (χ2n) is 8.90. The van der Waals surface area contributed by atoms with Crippen molar-refractivity contribution < 1.29 is 9.59 Å². The lowest BCUT2D eigenvalue weighted by molar-refractivity contribution is 0.0666. The van der Waals surface area contributed by atoms with E-state index in [4.69, 9.17) is 0 Å². The van der Waals surface area contributed by atoms with Crippen LogP contribution in [0.3, 0.4) is 0 Å². The number of benzene rings is 2. The SMILES string of the molecule is CN1CC[C@@H](N2CCc3cc(-c4ccc(C(=O)N5CCCC5)cc4)ccc3C2=O)C1. The largest absolute Gasteiger partial charge is 0.339 e. The molecule has 156 valence electrons. The molecule has 30 heavy (non-hydrogen) atoms. The van der Waals surface area contributed by atoms with Gasteiger partial charge in [-0.2, -0.15) is 0 Å². The fourth-order valence-corrected chi connectivity index (χ4v) is 5.11. The van der Waals surface area contributed by atoms with E-state index in [0.717, 1.165) is 86.2 Å². The van der Waals surface area contributed by atoms with E-state index in [9.17, 15) is 9.59 Å². The fourth-order valence-electron chi connectivity index (χ4n) is 5.11. The number of amides is 2. The summed E-state index contributed by atoms with van der Waals surface area (Å²) in [4.78, 5) is 31.9. The second kappa shape index (κ2) is 7.88. The van der Waals surface area contributed by atoms with Crippen molar-refractivity contribution in [2.75, 3.05) is 39.8 Å². The van der Waals surface area contributed by atoms with Gasteiger partial charge in [0.1, 0.15) is 0 Å². The van der Waals surface area contributed by atoms with Gasteiger partial charge in [0.05, 0.1) is 0 Å². The molecule has 2 aromatic rings. The summed E-state index contributed by atoms with van der Waals surface area (Å²) in [6, 6.07) is 14.4. The van der Waals surface area contributed by atoms with E-state index in [1.54, 1.807) is 0 Å². The van der Waals surface area contributed by atoms with Gasteiger partial charge in [0, 0.05) is 43.3 Å². The summed E-state index contributed by atoms with van der Waals surface area (Å²) in [6.45, 7) is 4.58. The van der Waals surface area contributed by atoms with E-state index in [1.165, 1.54) is 0 Å². The average molecular weight is 404 g/mol. The van der Waals surface area contributed by atoms with Gasteiger partial charge in [0.2, 0.25) is 0 Å². The van der Waals surface area contributed by atoms with Crippen molar-refractivity contribution in [1.29, 1.82) is 0 Å². The molecule has 0 N–H and O–H groups in total. The summed E-state index contributed by atoms with van der Waals surface area (Å²) in [5.74, 6) is 0.308. The lowest BCUT2D eigenvalue weighted by Crippen LogP contribution is -2.45. The Bertz CT molecular complexity index is 963. The first kappa shape index (κ1) is 19.3. The van der Waals surface area contributed by atoms with E-state index in [1.807, 2.05) is 41.3 Å². The number of carbonyl (C=O) groups excluding carboxylic acids is 2. The monoisotopic (exact) mass is 403 g/mol. The lowest BCUT2D eigenvalue weighted by atomic mass is 9.93. The van der Waals surface area contributed by atoms with E-state index in [2.05, 4.69) is 22.9 Å². The number of likely N-dealkylation sites (tertiary alicyclic amines) is 2. The second-order valence-corrected chi connectivity index (χ2v) is 8.90. The normalized spacial score (nSPS) is 21.9. The highest BCUT2D eigenvalue weighted by molar-refractivity contribution is 5.98. The Hall–Kier alpha value is -2.66. The van der Waals surface area contributed by atoms with Gasteiger partial charge in [0.25, 0.3) is 11.8 Å². The van der Waals surface area contributed by atoms with Crippen LogP contribution in [0.25, 0.3) is 11.1 Å². The highest BCUT2D eigenvalue weighted by atomic mass is 16.2. The van der Waals surface area contributed by atoms with Crippen molar-refractivity contribution in [2.24, 2.45) is 0 Å². The molecule has 0 radical (unpaired) electrons. The van der Waals surface area contributed by atoms with Crippen LogP contribution in [-0.2, 0) is 6.42 Å². The Morgan fingerprint density at radius 2 is 1.67 bits per heavy atom. The lowest BCUT2D eigenvalue weighted by Gasteiger charge is -2.33. The highest BCUT2D eigenvalue weighted by Crippen LogP contribution is 2.29. The standard InChI is InChI=1S/C25H29N3O2/c1-26-14-11-22(17-26)28-15-10-21-16-20(8-9-23(21)25(28)30)18-4-6-19(7-5-18)24(29)27-12-2-3-13-27/h4-9,16,22H,2-3,10-15,17H2,1H3/t22-/m1/s1. The molecule has 2 amide bonds. The van der Waals surface area contributed by atoms with Crippen LogP contribution in [0.15, 0.2) is 42.5 Å². The number of rotatable bonds is 3. The predicted molar refractivity (Wildman–Crippen MR) is 118 cm³/mol. The Balaban J connectivity index is 1.33. The molecular formula is C25H29N3O2. The minimum Gasteiger partial charge on any atom is -0.339 e. The molecular weight excluding hydrogens is 374 g/mol. The van der Waals surface area contributed by atoms with Crippen LogP contribution in [0.1, 0.15) is 45.5 Å². The number of fused-ring (bicyclic) bond motifs is 1. The first-order valence-corrected chi connectivity index (χ1v) is 11.1. The van der Waals surface area contributed by atoms with Gasteiger partial charge in [-0.1, -0.05) is 24.3 Å². The minimum absolute atomic E-state index is 0.132. The van der Waals surface area contributed by atoms with Crippen molar-refractivity contribution in [3.05, 3.63) is 59.2 Å². The third-order valence-electron chi connectivity index (χ3n) is 6.88. The molecule has 2 aromatic carbocycles. The third-order valence-corrected chi connectivity index (χ3v) is 6.88. The molecule has 2 saturated heterocycles. The maximum Gasteiger partial charge on any atom is 0.254 e. The van der Waals surface area contributed by atoms with Crippen LogP contribution >= 0.6 is 0 Å². The molecule has 1 atom stereocenters. The highest BCUT2D eigenvalue weighted by Gasteiger charge is 2.33. The quantitative estimate of drug-likeness (QED) is 0.790. The molecule has 3 aliphatic rings. The number of nitrogens with zero attached hydrogens (tertiary/aromatic N) is 3. The Morgan fingerprint density at radius 3 is 2.37 bits per heavy atom. The zero-order chi connectivity index (χ0) is 20.7. The molecule has 3 heterocycles. The number of hydrogen-bond donors (Lipinski definition) is 0. The summed E-state index contributed by atoms with van der Waals surface area (Å²) in [5, 5.41) is 0. The van der Waals surface area contributed by atoms with Gasteiger partial charge in [-0.05, 0) is 74.2 Å². The maximum absolute atomic E-state index is 13.1. The number of hydrogen-bond acceptors (Lipinski definition) is 3. The van der Waals surface area contributed by atoms with Crippen LogP contribution < -0.4 is 0 Å². The molecule has 0 aliphatic carbocycles. The zero-order valence-corrected chi connectivity index (χ0v) is 17.6. The number of carbonyl (C=O) groups is 2. The van der Waals surface area contributed by atoms with Crippen LogP contribution in [-0.4, -0.2) is 72.3 Å². The first-order chi connectivity index (χ1) is 14.6. The van der Waals surface area contributed by atoms with Gasteiger partial charge in [-0.15, -0.1) is 0 Å². The third kappa shape index (κ3) is 3.52. The van der Waals surface area contributed by atoms with Gasteiger partial charge in [0.15, 0.2) is 0 Å². The molecule has 0 aromatic heterocycles. The summed E-state index contributed by atoms with van der Waals surface area (Å²) >= 11 is 0. The first-order valence-electron chi connectivity index (χ1n) is 11.1. The van der Waals surface area contributed by atoms with Crippen LogP contribution in [0.2, 0.25) is 0 Å². The summed E-state index contributed by atoms with van der Waals surface area (Å²) in [7, 11) is 2.12. The van der Waals surface area contributed by atoms with E-state index in [-0.39, 0.29) is 11.8 Å². The van der Waals surface area contributed by atoms with Crippen molar-refractivity contribution in [1.82, 2.24) is 14.7 Å². The predicted octanol–water partition coefficient (Wildman–Crippen LogP) is 3.29. The molecule has 5 rings (SSSR count). The molecule has 0 saturated carbocycles. The van der Waals surface area contributed by atoms with Gasteiger partial charge in [-0.3, -0.25) is 9.59 Å². The van der Waals surface area contributed by atoms with Crippen molar-refractivity contribution >= 4 is 11.8 Å². The minimum atomic E-state index is 0.132. The van der Waals surface area contributed by atoms with Gasteiger partial charge < -0.3 is 14.7 Å². The smallest absolute Gasteiger partial charge is 0.254 e. The molecule has 0 unspecified atom stereocenters. The van der Waals surface area contributed by atoms with Crippen LogP contribution in [0, 0.1) is 0 Å². The Morgan fingerprint density at radius 1 is 0.933 bits per heavy atom. The van der Waals surface area contributed by atoms with Gasteiger partial charge >= 0.3 is 0 Å². The average Bonchev–Trinajstić information content (AvgIpc) is 3.45. The fraction of sp³-hybridized carbons (Fsp3) is 0.440. The summed E-state index contributed by atoms with van der Waals surface area (Å²) in [6.07, 6.45) is 4.18. The molecule has 0 spiro atoms. The Labute approximate surface area is 178 Å². The van der Waals surface area contributed by atoms with Crippen LogP contribution in [0.4, 0.5) is 0 Å². The van der Waals surface area contributed by atoms with Crippen LogP contribution in [0.5, 0.6) is 0 Å². The molecule has 2 fully saturated rings. The van der Waals surface area contributed by atoms with E-state index in [0.29, 0.717) is 6.04 Å².